The van der Waals surface area contributed by atoms with Crippen LogP contribution >= 0.6 is 0 Å². The first-order valence-electron chi connectivity index (χ1n) is 5.20. The molecule has 0 aliphatic heterocycles. The van der Waals surface area contributed by atoms with Gasteiger partial charge in [0.2, 0.25) is 5.91 Å². The predicted molar refractivity (Wildman–Crippen MR) is 68.5 cm³/mol. The van der Waals surface area contributed by atoms with Gasteiger partial charge in [-0.3, -0.25) is 4.79 Å². The number of hydrogen-bond acceptors (Lipinski definition) is 3. The number of para-hydroxylation sites is 1. The molecule has 0 aliphatic rings. The monoisotopic (exact) mass is 253 g/mol. The van der Waals surface area contributed by atoms with Crippen LogP contribution in [0.3, 0.4) is 0 Å². The lowest BCUT2D eigenvalue weighted by atomic mass is 10.3. The molecule has 0 saturated carbocycles. The van der Waals surface area contributed by atoms with E-state index in [1.54, 1.807) is 37.3 Å². The highest BCUT2D eigenvalue weighted by atomic mass is 32.2. The van der Waals surface area contributed by atoms with Gasteiger partial charge in [0.25, 0.3) is 0 Å². The molecule has 1 N–H and O–H groups in total. The third kappa shape index (κ3) is 5.31. The predicted octanol–water partition coefficient (Wildman–Crippen LogP) is 1.62. The highest BCUT2D eigenvalue weighted by Gasteiger charge is 2.14. The van der Waals surface area contributed by atoms with E-state index in [1.807, 2.05) is 6.07 Å². The second-order valence-corrected chi connectivity index (χ2v) is 5.65. The minimum atomic E-state index is -3.36. The van der Waals surface area contributed by atoms with Crippen molar-refractivity contribution >= 4 is 21.4 Å². The smallest absolute Gasteiger partial charge is 0.239 e. The molecule has 0 aromatic heterocycles. The fraction of sp³-hybridized carbons (Fsp3) is 0.250. The van der Waals surface area contributed by atoms with Crippen molar-refractivity contribution in [1.29, 1.82) is 0 Å². The number of allylic oxidation sites excluding steroid dienone is 1. The number of nitrogens with one attached hydrogen (secondary N) is 1. The molecule has 1 aromatic carbocycles. The molecule has 0 spiro atoms. The number of carbonyl (C=O) groups is 1. The summed E-state index contributed by atoms with van der Waals surface area (Å²) in [5, 5.41) is 2.53. The van der Waals surface area contributed by atoms with Gasteiger partial charge in [0, 0.05) is 5.69 Å². The van der Waals surface area contributed by atoms with Gasteiger partial charge in [-0.15, -0.1) is 0 Å². The first kappa shape index (κ1) is 13.4. The number of amides is 1. The maximum Gasteiger partial charge on any atom is 0.239 e. The highest BCUT2D eigenvalue weighted by Crippen LogP contribution is 2.05. The van der Waals surface area contributed by atoms with E-state index in [-0.39, 0.29) is 5.75 Å². The van der Waals surface area contributed by atoms with Crippen molar-refractivity contribution in [3.05, 3.63) is 42.5 Å². The number of sulfone groups is 1. The summed E-state index contributed by atoms with van der Waals surface area (Å²) in [5.74, 6) is -1.11. The number of carbonyl (C=O) groups excluding carboxylic acids is 1. The van der Waals surface area contributed by atoms with E-state index < -0.39 is 21.5 Å². The average Bonchev–Trinajstić information content (AvgIpc) is 2.27. The first-order chi connectivity index (χ1) is 8.03. The molecule has 0 heterocycles. The molecule has 1 rings (SSSR count). The summed E-state index contributed by atoms with van der Waals surface area (Å²) in [7, 11) is -3.36. The van der Waals surface area contributed by atoms with Crippen molar-refractivity contribution in [2.24, 2.45) is 0 Å². The summed E-state index contributed by atoms with van der Waals surface area (Å²) >= 11 is 0. The molecule has 5 heteroatoms. The average molecular weight is 253 g/mol. The number of hydrogen-bond donors (Lipinski definition) is 1. The molecule has 4 nitrogen and oxygen atoms in total. The molecule has 0 aliphatic carbocycles. The maximum atomic E-state index is 11.5. The fourth-order valence-electron chi connectivity index (χ4n) is 1.22. The van der Waals surface area contributed by atoms with E-state index in [4.69, 9.17) is 0 Å². The largest absolute Gasteiger partial charge is 0.325 e. The Hall–Kier alpha value is -1.62. The minimum Gasteiger partial charge on any atom is -0.325 e. The van der Waals surface area contributed by atoms with Gasteiger partial charge >= 0.3 is 0 Å². The Kier molecular flexibility index (Phi) is 4.90. The van der Waals surface area contributed by atoms with E-state index in [0.717, 1.165) is 0 Å². The topological polar surface area (TPSA) is 63.2 Å². The number of anilines is 1. The molecule has 17 heavy (non-hydrogen) atoms. The maximum absolute atomic E-state index is 11.5. The lowest BCUT2D eigenvalue weighted by molar-refractivity contribution is -0.113. The molecular weight excluding hydrogens is 238 g/mol. The zero-order valence-electron chi connectivity index (χ0n) is 9.59. The minimum absolute atomic E-state index is 0.105. The number of benzene rings is 1. The van der Waals surface area contributed by atoms with Crippen molar-refractivity contribution in [3.8, 4) is 0 Å². The molecule has 92 valence electrons. The van der Waals surface area contributed by atoms with Gasteiger partial charge in [0.05, 0.1) is 5.75 Å². The lowest BCUT2D eigenvalue weighted by Crippen LogP contribution is -2.24. The Morgan fingerprint density at radius 3 is 2.53 bits per heavy atom. The van der Waals surface area contributed by atoms with Crippen LogP contribution in [0.5, 0.6) is 0 Å². The SMILES string of the molecule is CC=CCS(=O)(=O)CC(=O)Nc1ccccc1. The van der Waals surface area contributed by atoms with Crippen LogP contribution in [0.4, 0.5) is 5.69 Å². The van der Waals surface area contributed by atoms with Crippen molar-refractivity contribution < 1.29 is 13.2 Å². The molecule has 0 radical (unpaired) electrons. The number of rotatable bonds is 5. The Morgan fingerprint density at radius 2 is 1.94 bits per heavy atom. The van der Waals surface area contributed by atoms with Crippen LogP contribution in [0.25, 0.3) is 0 Å². The second kappa shape index (κ2) is 6.20. The van der Waals surface area contributed by atoms with E-state index in [2.05, 4.69) is 5.32 Å². The Labute approximate surface area is 101 Å². The summed E-state index contributed by atoms with van der Waals surface area (Å²) in [6.07, 6.45) is 3.16. The molecule has 0 atom stereocenters. The van der Waals surface area contributed by atoms with Crippen LogP contribution in [-0.2, 0) is 14.6 Å². The molecule has 1 amide bonds. The Bertz CT molecular complexity index is 492. The summed E-state index contributed by atoms with van der Waals surface area (Å²) < 4.78 is 23.0. The molecule has 0 fully saturated rings. The standard InChI is InChI=1S/C12H15NO3S/c1-2-3-9-17(15,16)10-12(14)13-11-7-5-4-6-8-11/h2-8H,9-10H2,1H3,(H,13,14). The summed E-state index contributed by atoms with van der Waals surface area (Å²) in [6, 6.07) is 8.76. The zero-order valence-corrected chi connectivity index (χ0v) is 10.4. The van der Waals surface area contributed by atoms with Crippen LogP contribution in [0.1, 0.15) is 6.92 Å². The van der Waals surface area contributed by atoms with E-state index in [0.29, 0.717) is 5.69 Å². The molecule has 0 unspecified atom stereocenters. The molecular formula is C12H15NO3S. The Balaban J connectivity index is 2.56. The summed E-state index contributed by atoms with van der Waals surface area (Å²) in [6.45, 7) is 1.74. The van der Waals surface area contributed by atoms with Crippen molar-refractivity contribution in [2.45, 2.75) is 6.92 Å². The van der Waals surface area contributed by atoms with E-state index in [1.165, 1.54) is 6.08 Å². The van der Waals surface area contributed by atoms with Gasteiger partial charge in [-0.25, -0.2) is 8.42 Å². The molecule has 0 saturated heterocycles. The van der Waals surface area contributed by atoms with Crippen molar-refractivity contribution in [3.63, 3.8) is 0 Å². The normalized spacial score (nSPS) is 11.6. The Morgan fingerprint density at radius 1 is 1.29 bits per heavy atom. The zero-order chi connectivity index (χ0) is 12.7. The fourth-order valence-corrected chi connectivity index (χ4v) is 2.30. The first-order valence-corrected chi connectivity index (χ1v) is 7.02. The van der Waals surface area contributed by atoms with Crippen molar-refractivity contribution in [2.75, 3.05) is 16.8 Å². The van der Waals surface area contributed by atoms with Crippen molar-refractivity contribution in [1.82, 2.24) is 0 Å². The van der Waals surface area contributed by atoms with Gasteiger partial charge in [0.1, 0.15) is 5.75 Å². The van der Waals surface area contributed by atoms with E-state index in [9.17, 15) is 13.2 Å². The second-order valence-electron chi connectivity index (χ2n) is 3.54. The summed E-state index contributed by atoms with van der Waals surface area (Å²) in [5.41, 5.74) is 0.596. The highest BCUT2D eigenvalue weighted by molar-refractivity contribution is 7.92. The van der Waals surface area contributed by atoms with Gasteiger partial charge in [-0.05, 0) is 19.1 Å². The van der Waals surface area contributed by atoms with Gasteiger partial charge < -0.3 is 5.32 Å². The van der Waals surface area contributed by atoms with Gasteiger partial charge in [-0.1, -0.05) is 30.4 Å². The molecule has 1 aromatic rings. The van der Waals surface area contributed by atoms with Gasteiger partial charge in [0.15, 0.2) is 9.84 Å². The summed E-state index contributed by atoms with van der Waals surface area (Å²) in [4.78, 5) is 11.5. The van der Waals surface area contributed by atoms with Crippen LogP contribution < -0.4 is 5.32 Å². The third-order valence-electron chi connectivity index (χ3n) is 1.99. The van der Waals surface area contributed by atoms with Crippen LogP contribution in [-0.4, -0.2) is 25.8 Å². The molecule has 0 bridgehead atoms. The van der Waals surface area contributed by atoms with E-state index >= 15 is 0 Å². The van der Waals surface area contributed by atoms with Crippen LogP contribution in [0.2, 0.25) is 0 Å². The third-order valence-corrected chi connectivity index (χ3v) is 3.40. The van der Waals surface area contributed by atoms with Crippen LogP contribution in [0, 0.1) is 0 Å². The van der Waals surface area contributed by atoms with Crippen LogP contribution in [0.15, 0.2) is 42.5 Å². The van der Waals surface area contributed by atoms with Gasteiger partial charge in [-0.2, -0.15) is 0 Å². The quantitative estimate of drug-likeness (QED) is 0.811. The lowest BCUT2D eigenvalue weighted by Gasteiger charge is -2.04.